The lowest BCUT2D eigenvalue weighted by Crippen LogP contribution is -2.53. The average molecular weight is 535 g/mol. The highest BCUT2D eigenvalue weighted by Crippen LogP contribution is 2.25. The van der Waals surface area contributed by atoms with Crippen molar-refractivity contribution in [1.29, 1.82) is 0 Å². The highest BCUT2D eigenvalue weighted by molar-refractivity contribution is 14.0. The molecule has 2 saturated heterocycles. The second-order valence-electron chi connectivity index (χ2n) is 8.04. The predicted octanol–water partition coefficient (Wildman–Crippen LogP) is 2.96. The number of ether oxygens (including phenoxy) is 2. The number of fused-ring (bicyclic) bond motifs is 1. The minimum atomic E-state index is 0. The van der Waals surface area contributed by atoms with Crippen LogP contribution in [0, 0.1) is 0 Å². The van der Waals surface area contributed by atoms with Crippen LogP contribution in [0.15, 0.2) is 16.4 Å². The topological polar surface area (TPSA) is 49.3 Å². The van der Waals surface area contributed by atoms with Gasteiger partial charge in [0.1, 0.15) is 6.10 Å². The molecule has 2 fully saturated rings. The van der Waals surface area contributed by atoms with E-state index in [1.54, 1.807) is 4.88 Å². The Balaban J connectivity index is 0.00000240. The van der Waals surface area contributed by atoms with E-state index in [0.29, 0.717) is 6.04 Å². The van der Waals surface area contributed by atoms with E-state index in [1.165, 1.54) is 12.0 Å². The van der Waals surface area contributed by atoms with Gasteiger partial charge in [0.15, 0.2) is 5.96 Å². The first kappa shape index (κ1) is 23.2. The number of hydrogen-bond acceptors (Lipinski definition) is 5. The fourth-order valence-electron chi connectivity index (χ4n) is 4.39. The van der Waals surface area contributed by atoms with Crippen molar-refractivity contribution >= 4 is 41.3 Å². The smallest absolute Gasteiger partial charge is 0.194 e. The van der Waals surface area contributed by atoms with E-state index < -0.39 is 0 Å². The number of halogens is 1. The number of hydrogen-bond donors (Lipinski definition) is 1. The lowest BCUT2D eigenvalue weighted by molar-refractivity contribution is -0.0817. The van der Waals surface area contributed by atoms with Gasteiger partial charge >= 0.3 is 0 Å². The zero-order valence-corrected chi connectivity index (χ0v) is 20.8. The SMILES string of the molecule is CCNC(=NCC(C)N1CCc2sccc2C1)N1CCOC(C2CCCO2)C1.I. The highest BCUT2D eigenvalue weighted by Gasteiger charge is 2.32. The zero-order valence-electron chi connectivity index (χ0n) is 17.6. The lowest BCUT2D eigenvalue weighted by atomic mass is 10.1. The zero-order chi connectivity index (χ0) is 19.3. The Hall–Kier alpha value is -0.420. The normalized spacial score (nSPS) is 26.7. The van der Waals surface area contributed by atoms with Gasteiger partial charge in [-0.1, -0.05) is 0 Å². The van der Waals surface area contributed by atoms with Gasteiger partial charge in [0.2, 0.25) is 0 Å². The molecule has 3 aliphatic heterocycles. The van der Waals surface area contributed by atoms with Gasteiger partial charge in [-0.25, -0.2) is 0 Å². The van der Waals surface area contributed by atoms with Gasteiger partial charge in [0, 0.05) is 50.2 Å². The molecule has 0 aromatic carbocycles. The summed E-state index contributed by atoms with van der Waals surface area (Å²) in [4.78, 5) is 11.5. The first-order valence-electron chi connectivity index (χ1n) is 10.8. The number of thiophene rings is 1. The van der Waals surface area contributed by atoms with Crippen molar-refractivity contribution in [2.45, 2.75) is 57.9 Å². The van der Waals surface area contributed by atoms with Crippen molar-refractivity contribution in [1.82, 2.24) is 15.1 Å². The van der Waals surface area contributed by atoms with Crippen LogP contribution in [0.4, 0.5) is 0 Å². The predicted molar refractivity (Wildman–Crippen MR) is 130 cm³/mol. The van der Waals surface area contributed by atoms with Crippen LogP contribution in [-0.4, -0.2) is 79.9 Å². The van der Waals surface area contributed by atoms with Crippen LogP contribution >= 0.6 is 35.3 Å². The molecule has 0 bridgehead atoms. The van der Waals surface area contributed by atoms with E-state index in [2.05, 4.69) is 40.4 Å². The standard InChI is InChI=1S/C21H34N4O2S.HI/c1-3-22-21(25-9-11-27-19(15-25)18-5-4-10-26-18)23-13-16(2)24-8-6-20-17(14-24)7-12-28-20;/h7,12,16,18-19H,3-6,8-11,13-15H2,1-2H3,(H,22,23);1H. The summed E-state index contributed by atoms with van der Waals surface area (Å²) in [5, 5.41) is 5.72. The maximum atomic E-state index is 6.01. The molecule has 1 aromatic heterocycles. The van der Waals surface area contributed by atoms with Crippen LogP contribution in [0.25, 0.3) is 0 Å². The summed E-state index contributed by atoms with van der Waals surface area (Å²) in [5.74, 6) is 1.02. The fraction of sp³-hybridized carbons (Fsp3) is 0.762. The quantitative estimate of drug-likeness (QED) is 0.358. The van der Waals surface area contributed by atoms with Crippen molar-refractivity contribution in [2.75, 3.05) is 45.9 Å². The molecule has 6 nitrogen and oxygen atoms in total. The van der Waals surface area contributed by atoms with Crippen LogP contribution in [0.5, 0.6) is 0 Å². The van der Waals surface area contributed by atoms with Crippen LogP contribution in [0.1, 0.15) is 37.1 Å². The Bertz CT molecular complexity index is 665. The third-order valence-electron chi connectivity index (χ3n) is 6.07. The average Bonchev–Trinajstić information content (AvgIpc) is 3.42. The molecule has 1 aromatic rings. The van der Waals surface area contributed by atoms with Gasteiger partial charge in [0.25, 0.3) is 0 Å². The molecule has 0 spiro atoms. The summed E-state index contributed by atoms with van der Waals surface area (Å²) in [5.41, 5.74) is 1.51. The summed E-state index contributed by atoms with van der Waals surface area (Å²) in [7, 11) is 0. The molecular formula is C21H35IN4O2S. The maximum Gasteiger partial charge on any atom is 0.194 e. The second kappa shape index (κ2) is 11.3. The third-order valence-corrected chi connectivity index (χ3v) is 7.10. The van der Waals surface area contributed by atoms with Gasteiger partial charge in [-0.15, -0.1) is 35.3 Å². The molecule has 3 atom stereocenters. The van der Waals surface area contributed by atoms with Gasteiger partial charge in [0.05, 0.1) is 19.3 Å². The molecule has 8 heteroatoms. The van der Waals surface area contributed by atoms with Crippen molar-refractivity contribution in [3.05, 3.63) is 21.9 Å². The number of nitrogens with zero attached hydrogens (tertiary/aromatic N) is 3. The molecule has 4 rings (SSSR count). The lowest BCUT2D eigenvalue weighted by Gasteiger charge is -2.37. The molecule has 164 valence electrons. The van der Waals surface area contributed by atoms with E-state index in [-0.39, 0.29) is 36.2 Å². The summed E-state index contributed by atoms with van der Waals surface area (Å²) >= 11 is 1.90. The molecular weight excluding hydrogens is 499 g/mol. The minimum absolute atomic E-state index is 0. The number of nitrogens with one attached hydrogen (secondary N) is 1. The Morgan fingerprint density at radius 1 is 1.31 bits per heavy atom. The van der Waals surface area contributed by atoms with Crippen LogP contribution < -0.4 is 5.32 Å². The number of aliphatic imine (C=N–C) groups is 1. The minimum Gasteiger partial charge on any atom is -0.375 e. The Morgan fingerprint density at radius 3 is 2.97 bits per heavy atom. The fourth-order valence-corrected chi connectivity index (χ4v) is 5.28. The molecule has 0 saturated carbocycles. The van der Waals surface area contributed by atoms with Gasteiger partial charge in [-0.2, -0.15) is 0 Å². The maximum absolute atomic E-state index is 6.01. The summed E-state index contributed by atoms with van der Waals surface area (Å²) in [6.07, 6.45) is 3.85. The van der Waals surface area contributed by atoms with E-state index >= 15 is 0 Å². The van der Waals surface area contributed by atoms with Gasteiger partial charge in [-0.3, -0.25) is 9.89 Å². The highest BCUT2D eigenvalue weighted by atomic mass is 127. The first-order chi connectivity index (χ1) is 13.7. The first-order valence-corrected chi connectivity index (χ1v) is 11.7. The van der Waals surface area contributed by atoms with Crippen molar-refractivity contribution in [3.63, 3.8) is 0 Å². The van der Waals surface area contributed by atoms with E-state index in [1.807, 2.05) is 11.3 Å². The summed E-state index contributed by atoms with van der Waals surface area (Å²) < 4.78 is 11.9. The van der Waals surface area contributed by atoms with Crippen LogP contribution in [0.3, 0.4) is 0 Å². The van der Waals surface area contributed by atoms with Crippen LogP contribution in [0.2, 0.25) is 0 Å². The molecule has 4 heterocycles. The second-order valence-corrected chi connectivity index (χ2v) is 9.04. The molecule has 29 heavy (non-hydrogen) atoms. The monoisotopic (exact) mass is 534 g/mol. The molecule has 1 N–H and O–H groups in total. The Labute approximate surface area is 196 Å². The Morgan fingerprint density at radius 2 is 2.17 bits per heavy atom. The third kappa shape index (κ3) is 5.84. The largest absolute Gasteiger partial charge is 0.375 e. The molecule has 3 unspecified atom stereocenters. The van der Waals surface area contributed by atoms with E-state index in [9.17, 15) is 0 Å². The van der Waals surface area contributed by atoms with Gasteiger partial charge in [-0.05, 0) is 50.1 Å². The summed E-state index contributed by atoms with van der Waals surface area (Å²) in [6.45, 7) is 11.7. The summed E-state index contributed by atoms with van der Waals surface area (Å²) in [6, 6.07) is 2.72. The van der Waals surface area contributed by atoms with E-state index in [0.717, 1.165) is 71.3 Å². The Kier molecular flexibility index (Phi) is 9.03. The number of guanidine groups is 1. The van der Waals surface area contributed by atoms with Crippen molar-refractivity contribution in [3.8, 4) is 0 Å². The molecule has 0 amide bonds. The van der Waals surface area contributed by atoms with Crippen molar-refractivity contribution < 1.29 is 9.47 Å². The van der Waals surface area contributed by atoms with Crippen molar-refractivity contribution in [2.24, 2.45) is 4.99 Å². The molecule has 0 radical (unpaired) electrons. The van der Waals surface area contributed by atoms with Gasteiger partial charge < -0.3 is 19.7 Å². The molecule has 0 aliphatic carbocycles. The van der Waals surface area contributed by atoms with Crippen LogP contribution in [-0.2, 0) is 22.4 Å². The number of morpholine rings is 1. The number of rotatable bonds is 5. The van der Waals surface area contributed by atoms with E-state index in [4.69, 9.17) is 14.5 Å². The molecule has 3 aliphatic rings.